The zero-order chi connectivity index (χ0) is 12.5. The highest BCUT2D eigenvalue weighted by molar-refractivity contribution is 5.62. The van der Waals surface area contributed by atoms with Gasteiger partial charge in [0.25, 0.3) is 0 Å². The molecule has 0 saturated heterocycles. The first-order valence-corrected chi connectivity index (χ1v) is 5.27. The van der Waals surface area contributed by atoms with Crippen molar-refractivity contribution in [1.29, 1.82) is 5.26 Å². The van der Waals surface area contributed by atoms with Crippen LogP contribution in [0.15, 0.2) is 18.2 Å². The van der Waals surface area contributed by atoms with Crippen molar-refractivity contribution in [3.05, 3.63) is 23.8 Å². The van der Waals surface area contributed by atoms with Gasteiger partial charge in [-0.05, 0) is 12.1 Å². The summed E-state index contributed by atoms with van der Waals surface area (Å²) in [7, 11) is 1.62. The topological polar surface area (TPSA) is 77.5 Å². The molecule has 0 atom stereocenters. The molecular formula is C12H16N2O3. The fourth-order valence-electron chi connectivity index (χ4n) is 1.22. The number of methoxy groups -OCH3 is 1. The standard InChI is InChI=1S/C12H16N2O3/c1-15-5-6-16-7-8-17-11-4-2-3-10(9-13)12(11)14/h2-4H,5-8,14H2,1H3. The number of rotatable bonds is 7. The maximum absolute atomic E-state index is 8.79. The predicted octanol–water partition coefficient (Wildman–Crippen LogP) is 1.18. The Labute approximate surface area is 101 Å². The van der Waals surface area contributed by atoms with E-state index in [1.807, 2.05) is 6.07 Å². The van der Waals surface area contributed by atoms with E-state index < -0.39 is 0 Å². The van der Waals surface area contributed by atoms with Gasteiger partial charge in [-0.3, -0.25) is 0 Å². The highest BCUT2D eigenvalue weighted by Crippen LogP contribution is 2.24. The second-order valence-corrected chi connectivity index (χ2v) is 3.28. The van der Waals surface area contributed by atoms with Gasteiger partial charge in [-0.15, -0.1) is 0 Å². The maximum Gasteiger partial charge on any atom is 0.143 e. The Bertz CT molecular complexity index is 388. The smallest absolute Gasteiger partial charge is 0.143 e. The number of para-hydroxylation sites is 1. The van der Waals surface area contributed by atoms with Gasteiger partial charge in [-0.1, -0.05) is 6.07 Å². The van der Waals surface area contributed by atoms with Crippen LogP contribution in [0.25, 0.3) is 0 Å². The number of nitrogens with zero attached hydrogens (tertiary/aromatic N) is 1. The van der Waals surface area contributed by atoms with Crippen LogP contribution in [0.2, 0.25) is 0 Å². The van der Waals surface area contributed by atoms with Crippen LogP contribution in [0.3, 0.4) is 0 Å². The molecule has 0 bridgehead atoms. The van der Waals surface area contributed by atoms with Crippen LogP contribution in [0.5, 0.6) is 5.75 Å². The molecule has 0 aliphatic carbocycles. The van der Waals surface area contributed by atoms with Crippen molar-refractivity contribution in [1.82, 2.24) is 0 Å². The fraction of sp³-hybridized carbons (Fsp3) is 0.417. The van der Waals surface area contributed by atoms with Crippen molar-refractivity contribution in [2.45, 2.75) is 0 Å². The molecule has 0 fully saturated rings. The van der Waals surface area contributed by atoms with Crippen LogP contribution >= 0.6 is 0 Å². The Morgan fingerprint density at radius 3 is 2.71 bits per heavy atom. The summed E-state index contributed by atoms with van der Waals surface area (Å²) in [4.78, 5) is 0. The van der Waals surface area contributed by atoms with E-state index in [9.17, 15) is 0 Å². The van der Waals surface area contributed by atoms with Crippen molar-refractivity contribution in [3.63, 3.8) is 0 Å². The molecule has 2 N–H and O–H groups in total. The van der Waals surface area contributed by atoms with Gasteiger partial charge >= 0.3 is 0 Å². The molecule has 1 aromatic rings. The number of benzene rings is 1. The van der Waals surface area contributed by atoms with Crippen molar-refractivity contribution >= 4 is 5.69 Å². The normalized spacial score (nSPS) is 9.88. The van der Waals surface area contributed by atoms with Crippen molar-refractivity contribution < 1.29 is 14.2 Å². The van der Waals surface area contributed by atoms with Crippen molar-refractivity contribution in [2.24, 2.45) is 0 Å². The van der Waals surface area contributed by atoms with Gasteiger partial charge in [-0.2, -0.15) is 5.26 Å². The van der Waals surface area contributed by atoms with Gasteiger partial charge in [0.05, 0.1) is 31.1 Å². The van der Waals surface area contributed by atoms with Crippen LogP contribution in [0.1, 0.15) is 5.56 Å². The molecule has 5 heteroatoms. The van der Waals surface area contributed by atoms with Crippen LogP contribution < -0.4 is 10.5 Å². The first-order chi connectivity index (χ1) is 8.29. The highest BCUT2D eigenvalue weighted by Gasteiger charge is 2.04. The van der Waals surface area contributed by atoms with E-state index in [4.69, 9.17) is 25.2 Å². The number of hydrogen-bond acceptors (Lipinski definition) is 5. The van der Waals surface area contributed by atoms with Crippen molar-refractivity contribution in [3.8, 4) is 11.8 Å². The molecule has 0 heterocycles. The first kappa shape index (κ1) is 13.3. The van der Waals surface area contributed by atoms with Gasteiger partial charge in [0.15, 0.2) is 0 Å². The minimum absolute atomic E-state index is 0.367. The number of anilines is 1. The summed E-state index contributed by atoms with van der Waals surface area (Å²) in [5.41, 5.74) is 6.53. The predicted molar refractivity (Wildman–Crippen MR) is 63.8 cm³/mol. The summed E-state index contributed by atoms with van der Waals surface area (Å²) in [6, 6.07) is 7.11. The van der Waals surface area contributed by atoms with Crippen LogP contribution in [0, 0.1) is 11.3 Å². The van der Waals surface area contributed by atoms with Crippen LogP contribution in [-0.4, -0.2) is 33.5 Å². The van der Waals surface area contributed by atoms with E-state index in [2.05, 4.69) is 0 Å². The third kappa shape index (κ3) is 4.31. The second kappa shape index (κ2) is 7.49. The second-order valence-electron chi connectivity index (χ2n) is 3.28. The summed E-state index contributed by atoms with van der Waals surface area (Å²) >= 11 is 0. The summed E-state index contributed by atoms with van der Waals surface area (Å²) < 4.78 is 15.5. The summed E-state index contributed by atoms with van der Waals surface area (Å²) in [6.45, 7) is 1.95. The lowest BCUT2D eigenvalue weighted by Gasteiger charge is -2.09. The molecular weight excluding hydrogens is 220 g/mol. The average Bonchev–Trinajstić information content (AvgIpc) is 2.35. The maximum atomic E-state index is 8.79. The minimum atomic E-state index is 0.367. The van der Waals surface area contributed by atoms with Gasteiger partial charge in [0.2, 0.25) is 0 Å². The molecule has 0 spiro atoms. The fourth-order valence-corrected chi connectivity index (χ4v) is 1.22. The number of ether oxygens (including phenoxy) is 3. The van der Waals surface area contributed by atoms with E-state index >= 15 is 0 Å². The van der Waals surface area contributed by atoms with Gasteiger partial charge in [0, 0.05) is 7.11 Å². The molecule has 0 aliphatic heterocycles. The molecule has 0 radical (unpaired) electrons. The van der Waals surface area contributed by atoms with Crippen LogP contribution in [0.4, 0.5) is 5.69 Å². The molecule has 17 heavy (non-hydrogen) atoms. The minimum Gasteiger partial charge on any atom is -0.489 e. The average molecular weight is 236 g/mol. The van der Waals surface area contributed by atoms with E-state index in [1.165, 1.54) is 0 Å². The lowest BCUT2D eigenvalue weighted by Crippen LogP contribution is -2.10. The van der Waals surface area contributed by atoms with E-state index in [1.54, 1.807) is 25.3 Å². The summed E-state index contributed by atoms with van der Waals surface area (Å²) in [5, 5.41) is 8.79. The zero-order valence-electron chi connectivity index (χ0n) is 9.81. The molecule has 0 aliphatic rings. The summed E-state index contributed by atoms with van der Waals surface area (Å²) in [6.07, 6.45) is 0. The lowest BCUT2D eigenvalue weighted by atomic mass is 10.2. The summed E-state index contributed by atoms with van der Waals surface area (Å²) in [5.74, 6) is 0.513. The molecule has 0 amide bonds. The van der Waals surface area contributed by atoms with E-state index in [0.29, 0.717) is 43.4 Å². The Morgan fingerprint density at radius 1 is 1.24 bits per heavy atom. The number of hydrogen-bond donors (Lipinski definition) is 1. The highest BCUT2D eigenvalue weighted by atomic mass is 16.5. The quantitative estimate of drug-likeness (QED) is 0.568. The number of nitriles is 1. The monoisotopic (exact) mass is 236 g/mol. The number of nitrogen functional groups attached to an aromatic ring is 1. The Balaban J connectivity index is 2.35. The lowest BCUT2D eigenvalue weighted by molar-refractivity contribution is 0.0545. The van der Waals surface area contributed by atoms with Gasteiger partial charge < -0.3 is 19.9 Å². The zero-order valence-corrected chi connectivity index (χ0v) is 9.81. The van der Waals surface area contributed by atoms with E-state index in [-0.39, 0.29) is 0 Å². The Morgan fingerprint density at radius 2 is 2.00 bits per heavy atom. The molecule has 1 aromatic carbocycles. The van der Waals surface area contributed by atoms with Gasteiger partial charge in [-0.25, -0.2) is 0 Å². The molecule has 0 saturated carbocycles. The Hall–Kier alpha value is -1.77. The third-order valence-corrected chi connectivity index (χ3v) is 2.10. The largest absolute Gasteiger partial charge is 0.489 e. The first-order valence-electron chi connectivity index (χ1n) is 5.27. The number of nitrogens with two attached hydrogens (primary N) is 1. The van der Waals surface area contributed by atoms with Crippen LogP contribution in [-0.2, 0) is 9.47 Å². The van der Waals surface area contributed by atoms with Gasteiger partial charge in [0.1, 0.15) is 18.4 Å². The SMILES string of the molecule is COCCOCCOc1cccc(C#N)c1N. The van der Waals surface area contributed by atoms with Crippen molar-refractivity contribution in [2.75, 3.05) is 39.3 Å². The van der Waals surface area contributed by atoms with E-state index in [0.717, 1.165) is 0 Å². The Kier molecular flexibility index (Phi) is 5.86. The molecule has 0 aromatic heterocycles. The molecule has 92 valence electrons. The molecule has 0 unspecified atom stereocenters. The molecule has 5 nitrogen and oxygen atoms in total. The third-order valence-electron chi connectivity index (χ3n) is 2.10. The molecule has 1 rings (SSSR count).